The van der Waals surface area contributed by atoms with Crippen molar-refractivity contribution in [2.75, 3.05) is 11.5 Å². The van der Waals surface area contributed by atoms with Crippen LogP contribution in [0.15, 0.2) is 40.6 Å². The molecular weight excluding hydrogens is 1260 g/mol. The maximum atomic E-state index is 5.60. The van der Waals surface area contributed by atoms with Gasteiger partial charge < -0.3 is 0 Å². The van der Waals surface area contributed by atoms with E-state index in [1.807, 2.05) is 11.3 Å². The molecule has 10 rings (SSSR count). The fourth-order valence-electron chi connectivity index (χ4n) is 16.9. The maximum Gasteiger partial charge on any atom is 0.114 e. The molecule has 0 fully saturated rings. The molecule has 3 aliphatic rings. The van der Waals surface area contributed by atoms with Gasteiger partial charge in [0.05, 0.1) is 33.2 Å². The zero-order valence-corrected chi connectivity index (χ0v) is 65.1. The van der Waals surface area contributed by atoms with E-state index in [1.54, 1.807) is 26.5 Å². The third kappa shape index (κ3) is 17.5. The zero-order valence-electron chi connectivity index (χ0n) is 60.2. The van der Waals surface area contributed by atoms with E-state index in [9.17, 15) is 0 Å². The molecule has 0 N–H and O–H groups in total. The van der Waals surface area contributed by atoms with Crippen molar-refractivity contribution in [3.63, 3.8) is 0 Å². The summed E-state index contributed by atoms with van der Waals surface area (Å²) in [6.07, 6.45) is 58.0. The first-order valence-corrected chi connectivity index (χ1v) is 44.4. The third-order valence-electron chi connectivity index (χ3n) is 22.1. The molecule has 3 aromatic carbocycles. The third-order valence-corrected chi connectivity index (χ3v) is 28.2. The number of rotatable bonds is 49. The molecule has 514 valence electrons. The van der Waals surface area contributed by atoms with Crippen LogP contribution >= 0.6 is 69.7 Å². The molecule has 0 unspecified atom stereocenters. The van der Waals surface area contributed by atoms with Crippen LogP contribution in [0.2, 0.25) is 0 Å². The Morgan fingerprint density at radius 2 is 0.670 bits per heavy atom. The number of aromatic nitrogens is 4. The van der Waals surface area contributed by atoms with Crippen LogP contribution in [0.25, 0.3) is 70.1 Å². The van der Waals surface area contributed by atoms with Crippen molar-refractivity contribution in [1.82, 2.24) is 17.5 Å². The number of benzene rings is 3. The first-order valence-electron chi connectivity index (χ1n) is 39.3. The number of thioether (sulfide) groups is 2. The molecule has 0 aliphatic heterocycles. The molecule has 0 saturated carbocycles. The van der Waals surface area contributed by atoms with Crippen molar-refractivity contribution in [3.05, 3.63) is 84.5 Å². The van der Waals surface area contributed by atoms with E-state index in [1.165, 1.54) is 387 Å². The molecule has 4 heterocycles. The highest BCUT2D eigenvalue weighted by Crippen LogP contribution is 2.65. The van der Waals surface area contributed by atoms with E-state index >= 15 is 0 Å². The minimum absolute atomic E-state index is 0.0881. The molecule has 0 bridgehead atoms. The topological polar surface area (TPSA) is 51.6 Å². The minimum atomic E-state index is -0.152. The Morgan fingerprint density at radius 1 is 0.330 bits per heavy atom. The molecule has 94 heavy (non-hydrogen) atoms. The van der Waals surface area contributed by atoms with E-state index < -0.39 is 0 Å². The van der Waals surface area contributed by atoms with Crippen molar-refractivity contribution in [3.8, 4) is 42.4 Å². The molecule has 0 spiro atoms. The fraction of sp³-hybridized carbons (Fsp3) is 0.667. The van der Waals surface area contributed by atoms with Crippen LogP contribution in [0.4, 0.5) is 0 Å². The fourth-order valence-corrected chi connectivity index (χ4v) is 23.0. The summed E-state index contributed by atoms with van der Waals surface area (Å²) in [6.45, 7) is 18.8. The number of fused-ring (bicyclic) bond motifs is 13. The van der Waals surface area contributed by atoms with Gasteiger partial charge in [-0.05, 0) is 133 Å². The lowest BCUT2D eigenvalue weighted by molar-refractivity contribution is 0.394. The molecule has 7 aromatic rings. The monoisotopic (exact) mass is 1380 g/mol. The second kappa shape index (κ2) is 38.1. The van der Waals surface area contributed by atoms with Gasteiger partial charge in [-0.3, -0.25) is 0 Å². The molecule has 4 aromatic heterocycles. The van der Waals surface area contributed by atoms with Gasteiger partial charge in [0.1, 0.15) is 22.1 Å². The normalized spacial score (nSPS) is 14.0. The van der Waals surface area contributed by atoms with Gasteiger partial charge in [-0.25, -0.2) is 0 Å². The maximum absolute atomic E-state index is 5.60. The molecular formula is C84H122N4S6. The van der Waals surface area contributed by atoms with Gasteiger partial charge in [0.2, 0.25) is 0 Å². The first kappa shape index (κ1) is 73.8. The van der Waals surface area contributed by atoms with Gasteiger partial charge >= 0.3 is 0 Å². The number of thiophene rings is 2. The molecule has 10 heteroatoms. The summed E-state index contributed by atoms with van der Waals surface area (Å²) in [7, 11) is 0. The summed E-state index contributed by atoms with van der Waals surface area (Å²) in [6, 6.07) is 16.3. The summed E-state index contributed by atoms with van der Waals surface area (Å²) in [5, 5.41) is 0. The van der Waals surface area contributed by atoms with E-state index in [0.29, 0.717) is 0 Å². The molecule has 0 saturated heterocycles. The van der Waals surface area contributed by atoms with Crippen molar-refractivity contribution >= 4 is 97.3 Å². The second-order valence-electron chi connectivity index (χ2n) is 29.3. The van der Waals surface area contributed by atoms with Crippen molar-refractivity contribution in [2.45, 2.75) is 349 Å². The largest absolute Gasteiger partial charge is 0.173 e. The van der Waals surface area contributed by atoms with Crippen LogP contribution in [0.1, 0.15) is 368 Å². The Morgan fingerprint density at radius 3 is 1.11 bits per heavy atom. The minimum Gasteiger partial charge on any atom is -0.173 e. The number of hydrogen-bond acceptors (Lipinski definition) is 10. The lowest BCUT2D eigenvalue weighted by Crippen LogP contribution is -2.27. The number of aryl methyl sites for hydroxylation is 2. The van der Waals surface area contributed by atoms with Crippen molar-refractivity contribution < 1.29 is 0 Å². The summed E-state index contributed by atoms with van der Waals surface area (Å²) in [4.78, 5) is 5.78. The number of hydrogen-bond donors (Lipinski definition) is 0. The summed E-state index contributed by atoms with van der Waals surface area (Å²) in [5.74, 6) is 2.39. The molecule has 4 nitrogen and oxygen atoms in total. The van der Waals surface area contributed by atoms with E-state index in [2.05, 4.69) is 127 Å². The lowest BCUT2D eigenvalue weighted by Gasteiger charge is -2.35. The average molecular weight is 1380 g/mol. The van der Waals surface area contributed by atoms with Gasteiger partial charge in [-0.2, -0.15) is 17.5 Å². The zero-order chi connectivity index (χ0) is 65.5. The highest BCUT2D eigenvalue weighted by molar-refractivity contribution is 8.22. The Hall–Kier alpha value is -2.86. The summed E-state index contributed by atoms with van der Waals surface area (Å²) >= 11 is 11.3. The summed E-state index contributed by atoms with van der Waals surface area (Å²) in [5.41, 5.74) is 23.6. The van der Waals surface area contributed by atoms with E-state index in [4.69, 9.17) is 17.5 Å². The highest BCUT2D eigenvalue weighted by Gasteiger charge is 2.50. The Labute approximate surface area is 597 Å². The Bertz CT molecular complexity index is 3420. The highest BCUT2D eigenvalue weighted by atomic mass is 32.2. The predicted molar refractivity (Wildman–Crippen MR) is 425 cm³/mol. The molecule has 3 aliphatic carbocycles. The smallest absolute Gasteiger partial charge is 0.114 e. The predicted octanol–water partition coefficient (Wildman–Crippen LogP) is 30.1. The van der Waals surface area contributed by atoms with Crippen molar-refractivity contribution in [1.29, 1.82) is 0 Å². The lowest BCUT2D eigenvalue weighted by atomic mass is 9.68. The average Bonchev–Trinajstić information content (AvgIpc) is 1.55. The van der Waals surface area contributed by atoms with Crippen LogP contribution in [0, 0.1) is 13.8 Å². The molecule has 0 radical (unpaired) electrons. The van der Waals surface area contributed by atoms with E-state index in [-0.39, 0.29) is 10.8 Å². The number of nitrogens with zero attached hydrogens (tertiary/aromatic N) is 4. The Balaban J connectivity index is 1.14. The van der Waals surface area contributed by atoms with Crippen LogP contribution in [0.3, 0.4) is 0 Å². The van der Waals surface area contributed by atoms with Gasteiger partial charge in [-0.1, -0.05) is 292 Å². The quantitative estimate of drug-likeness (QED) is 0.0354. The second-order valence-corrected chi connectivity index (χ2v) is 35.2. The van der Waals surface area contributed by atoms with Crippen molar-refractivity contribution in [2.24, 2.45) is 0 Å². The molecule has 0 atom stereocenters. The van der Waals surface area contributed by atoms with Gasteiger partial charge in [0.15, 0.2) is 0 Å². The van der Waals surface area contributed by atoms with Crippen LogP contribution in [-0.2, 0) is 10.8 Å². The van der Waals surface area contributed by atoms with Gasteiger partial charge in [0, 0.05) is 58.2 Å². The number of unbranched alkanes of at least 4 members (excludes halogenated alkanes) is 34. The van der Waals surface area contributed by atoms with Gasteiger partial charge in [0.25, 0.3) is 0 Å². The summed E-state index contributed by atoms with van der Waals surface area (Å²) < 4.78 is 23.1. The van der Waals surface area contributed by atoms with Crippen LogP contribution in [-0.4, -0.2) is 29.0 Å². The van der Waals surface area contributed by atoms with E-state index in [0.717, 1.165) is 22.1 Å². The molecule has 0 amide bonds. The SMILES string of the molecule is CCCCCCCCCCC1(CCCCCCCCCC)c2cc3c(cc2-c2c1cc(C)c1nsnc21)C(CCCCCCCCCC)(CCCCCCCCCC)c1cc(-c2cc4c(s2)-c2sc(C)cc2C4=C(SCCCCCC)SCCCCCC)c2nsnc2c1-3. The van der Waals surface area contributed by atoms with Crippen LogP contribution in [0.5, 0.6) is 0 Å². The standard InChI is InChI=1S/C84H122N4S6/c1-9-15-21-27-31-35-39-43-49-83(50-44-40-36-32-28-22-16-10-2)68-58-64-69(57-63(68)74-70(83)55-61(7)76-78(74)87-93-85-76)84(51-45-41-37-33-29-23-17-11-3,52-46-42-38-34-30-24-18-12-4)71-59-65(77-79(75(64)71)88-94-86-77)72-60-67-73(66-56-62(8)91-80(66)81(67)92-72)82(89-53-47-25-19-13-5)90-54-48-26-20-14-6/h55-60H,9-54H2,1-8H3. The Kier molecular flexibility index (Phi) is 29.9. The first-order chi connectivity index (χ1) is 46.3. The van der Waals surface area contributed by atoms with Crippen LogP contribution < -0.4 is 0 Å². The van der Waals surface area contributed by atoms with Gasteiger partial charge in [-0.15, -0.1) is 46.2 Å².